The molecule has 0 spiro atoms. The summed E-state index contributed by atoms with van der Waals surface area (Å²) >= 11 is 5.89. The summed E-state index contributed by atoms with van der Waals surface area (Å²) in [6.45, 7) is 1.97. The summed E-state index contributed by atoms with van der Waals surface area (Å²) in [5.41, 5.74) is 1.14. The number of anilines is 1. The summed E-state index contributed by atoms with van der Waals surface area (Å²) in [4.78, 5) is 15.9. The highest BCUT2D eigenvalue weighted by atomic mass is 35.5. The van der Waals surface area contributed by atoms with Crippen LogP contribution in [0.5, 0.6) is 0 Å². The summed E-state index contributed by atoms with van der Waals surface area (Å²) in [7, 11) is 0. The summed E-state index contributed by atoms with van der Waals surface area (Å²) in [6.07, 6.45) is 3.00. The normalized spacial score (nSPS) is 10.8. The van der Waals surface area contributed by atoms with Crippen LogP contribution in [0.25, 0.3) is 0 Å². The van der Waals surface area contributed by atoms with Gasteiger partial charge >= 0.3 is 0 Å². The first-order chi connectivity index (χ1) is 11.5. The van der Waals surface area contributed by atoms with Crippen LogP contribution in [0, 0.1) is 12.7 Å². The van der Waals surface area contributed by atoms with Crippen molar-refractivity contribution in [1.29, 1.82) is 0 Å². The van der Waals surface area contributed by atoms with Gasteiger partial charge in [0.15, 0.2) is 0 Å². The number of hydrogen-bond donors (Lipinski definition) is 1. The molecule has 7 nitrogen and oxygen atoms in total. The summed E-state index contributed by atoms with van der Waals surface area (Å²) in [5, 5.41) is 11.3. The van der Waals surface area contributed by atoms with Crippen molar-refractivity contribution < 1.29 is 9.18 Å². The van der Waals surface area contributed by atoms with Crippen molar-refractivity contribution >= 4 is 23.5 Å². The quantitative estimate of drug-likeness (QED) is 0.767. The van der Waals surface area contributed by atoms with Gasteiger partial charge in [-0.2, -0.15) is 5.10 Å². The number of nitrogens with one attached hydrogen (secondary N) is 1. The Balaban J connectivity index is 1.61. The van der Waals surface area contributed by atoms with Crippen molar-refractivity contribution in [3.05, 3.63) is 58.9 Å². The van der Waals surface area contributed by atoms with E-state index in [9.17, 15) is 9.18 Å². The number of amides is 1. The second kappa shape index (κ2) is 6.79. The van der Waals surface area contributed by atoms with Crippen LogP contribution in [-0.2, 0) is 17.9 Å². The molecule has 0 saturated carbocycles. The lowest BCUT2D eigenvalue weighted by Gasteiger charge is -2.03. The van der Waals surface area contributed by atoms with Crippen LogP contribution in [0.1, 0.15) is 11.3 Å². The van der Waals surface area contributed by atoms with E-state index < -0.39 is 0 Å². The van der Waals surface area contributed by atoms with Crippen LogP contribution in [0.15, 0.2) is 36.8 Å². The number of aryl methyl sites for hydroxylation is 1. The fraction of sp³-hybridized carbons (Fsp3) is 0.200. The van der Waals surface area contributed by atoms with Crippen molar-refractivity contribution in [2.24, 2.45) is 0 Å². The lowest BCUT2D eigenvalue weighted by atomic mass is 10.2. The molecule has 0 fully saturated rings. The second-order valence-corrected chi connectivity index (χ2v) is 5.57. The Morgan fingerprint density at radius 1 is 1.29 bits per heavy atom. The molecule has 1 aromatic carbocycles. The molecule has 0 bridgehead atoms. The lowest BCUT2D eigenvalue weighted by Crippen LogP contribution is -2.20. The minimum atomic E-state index is -0.335. The topological polar surface area (TPSA) is 77.6 Å². The van der Waals surface area contributed by atoms with Gasteiger partial charge in [-0.15, -0.1) is 5.10 Å². The maximum atomic E-state index is 13.6. The Labute approximate surface area is 142 Å². The van der Waals surface area contributed by atoms with Crippen molar-refractivity contribution in [2.75, 3.05) is 5.32 Å². The van der Waals surface area contributed by atoms with E-state index >= 15 is 0 Å². The van der Waals surface area contributed by atoms with Crippen molar-refractivity contribution in [2.45, 2.75) is 20.0 Å². The van der Waals surface area contributed by atoms with E-state index in [2.05, 4.69) is 20.5 Å². The van der Waals surface area contributed by atoms with Crippen LogP contribution in [0.4, 0.5) is 10.3 Å². The Morgan fingerprint density at radius 2 is 2.08 bits per heavy atom. The predicted octanol–water partition coefficient (Wildman–Crippen LogP) is 2.26. The third-order valence-corrected chi connectivity index (χ3v) is 3.64. The minimum Gasteiger partial charge on any atom is -0.292 e. The van der Waals surface area contributed by atoms with Crippen molar-refractivity contribution in [1.82, 2.24) is 24.5 Å². The van der Waals surface area contributed by atoms with Gasteiger partial charge in [0.1, 0.15) is 18.7 Å². The van der Waals surface area contributed by atoms with Crippen molar-refractivity contribution in [3.63, 3.8) is 0 Å². The van der Waals surface area contributed by atoms with E-state index in [1.165, 1.54) is 21.8 Å². The van der Waals surface area contributed by atoms with Gasteiger partial charge in [-0.25, -0.2) is 14.1 Å². The van der Waals surface area contributed by atoms with Gasteiger partial charge in [-0.3, -0.25) is 14.8 Å². The van der Waals surface area contributed by atoms with Gasteiger partial charge in [-0.1, -0.05) is 29.8 Å². The Hall–Kier alpha value is -2.74. The molecule has 0 atom stereocenters. The fourth-order valence-corrected chi connectivity index (χ4v) is 2.27. The van der Waals surface area contributed by atoms with Gasteiger partial charge in [0.05, 0.1) is 17.3 Å². The smallest absolute Gasteiger partial charge is 0.248 e. The maximum absolute atomic E-state index is 13.6. The number of hydrogen-bond acceptors (Lipinski definition) is 4. The van der Waals surface area contributed by atoms with E-state index in [1.54, 1.807) is 31.3 Å². The van der Waals surface area contributed by atoms with Gasteiger partial charge in [-0.05, 0) is 13.0 Å². The van der Waals surface area contributed by atoms with E-state index in [0.29, 0.717) is 16.3 Å². The molecule has 24 heavy (non-hydrogen) atoms. The zero-order chi connectivity index (χ0) is 17.1. The molecule has 0 aliphatic rings. The molecule has 1 N–H and O–H groups in total. The third-order valence-electron chi connectivity index (χ3n) is 3.27. The number of halogens is 2. The number of carbonyl (C=O) groups is 1. The van der Waals surface area contributed by atoms with Crippen LogP contribution in [0.3, 0.4) is 0 Å². The first kappa shape index (κ1) is 16.1. The molecule has 0 aliphatic carbocycles. The van der Waals surface area contributed by atoms with Crippen LogP contribution in [-0.4, -0.2) is 30.5 Å². The standard InChI is InChI=1S/C15H14ClFN6O/c1-10-12(16)7-22(20-10)8-14(24)19-15-18-9-23(21-15)6-11-4-2-3-5-13(11)17/h2-5,7,9H,6,8H2,1H3,(H,19,21,24). The monoisotopic (exact) mass is 348 g/mol. The minimum absolute atomic E-state index is 0.00455. The van der Waals surface area contributed by atoms with E-state index in [0.717, 1.165) is 0 Å². The highest BCUT2D eigenvalue weighted by Crippen LogP contribution is 2.12. The number of carbonyl (C=O) groups excluding carboxylic acids is 1. The SMILES string of the molecule is Cc1nn(CC(=O)Nc2ncn(Cc3ccccc3F)n2)cc1Cl. The summed E-state index contributed by atoms with van der Waals surface area (Å²) < 4.78 is 16.5. The highest BCUT2D eigenvalue weighted by molar-refractivity contribution is 6.31. The molecule has 2 heterocycles. The molecule has 3 aromatic rings. The molecule has 2 aromatic heterocycles. The second-order valence-electron chi connectivity index (χ2n) is 5.17. The number of rotatable bonds is 5. The Bertz CT molecular complexity index is 855. The number of benzene rings is 1. The zero-order valence-electron chi connectivity index (χ0n) is 12.8. The molecule has 1 amide bonds. The average Bonchev–Trinajstić information content (AvgIpc) is 3.08. The van der Waals surface area contributed by atoms with Crippen molar-refractivity contribution in [3.8, 4) is 0 Å². The molecule has 0 saturated heterocycles. The van der Waals surface area contributed by atoms with Crippen LogP contribution < -0.4 is 5.32 Å². The molecule has 124 valence electrons. The largest absolute Gasteiger partial charge is 0.292 e. The van der Waals surface area contributed by atoms with E-state index in [-0.39, 0.29) is 30.8 Å². The Kier molecular flexibility index (Phi) is 4.57. The Morgan fingerprint density at radius 3 is 2.79 bits per heavy atom. The molecule has 0 radical (unpaired) electrons. The predicted molar refractivity (Wildman–Crippen MR) is 86.1 cm³/mol. The number of nitrogens with zero attached hydrogens (tertiary/aromatic N) is 5. The fourth-order valence-electron chi connectivity index (χ4n) is 2.12. The summed E-state index contributed by atoms with van der Waals surface area (Å²) in [6, 6.07) is 6.41. The van der Waals surface area contributed by atoms with Gasteiger partial charge in [0.25, 0.3) is 0 Å². The highest BCUT2D eigenvalue weighted by Gasteiger charge is 2.10. The average molecular weight is 349 g/mol. The summed E-state index contributed by atoms with van der Waals surface area (Å²) in [5.74, 6) is -0.506. The third kappa shape index (κ3) is 3.77. The molecule has 3 rings (SSSR count). The molecular formula is C15H14ClFN6O. The molecule has 0 unspecified atom stereocenters. The van der Waals surface area contributed by atoms with Gasteiger partial charge in [0, 0.05) is 11.8 Å². The van der Waals surface area contributed by atoms with Gasteiger partial charge < -0.3 is 0 Å². The lowest BCUT2D eigenvalue weighted by molar-refractivity contribution is -0.116. The zero-order valence-corrected chi connectivity index (χ0v) is 13.5. The maximum Gasteiger partial charge on any atom is 0.248 e. The van der Waals surface area contributed by atoms with Crippen LogP contribution >= 0.6 is 11.6 Å². The van der Waals surface area contributed by atoms with E-state index in [1.807, 2.05) is 0 Å². The molecular weight excluding hydrogens is 335 g/mol. The first-order valence-corrected chi connectivity index (χ1v) is 7.51. The van der Waals surface area contributed by atoms with Gasteiger partial charge in [0.2, 0.25) is 11.9 Å². The first-order valence-electron chi connectivity index (χ1n) is 7.13. The molecule has 0 aliphatic heterocycles. The van der Waals surface area contributed by atoms with E-state index in [4.69, 9.17) is 11.6 Å². The van der Waals surface area contributed by atoms with Crippen LogP contribution in [0.2, 0.25) is 5.02 Å². The molecule has 9 heteroatoms. The number of aromatic nitrogens is 5.